The maximum atomic E-state index is 11.2. The van der Waals surface area contributed by atoms with Crippen LogP contribution in [0.1, 0.15) is 5.69 Å². The molecule has 6 nitrogen and oxygen atoms in total. The maximum absolute atomic E-state index is 11.2. The summed E-state index contributed by atoms with van der Waals surface area (Å²) in [7, 11) is 0. The van der Waals surface area contributed by atoms with Crippen LogP contribution in [0.5, 0.6) is 0 Å². The highest BCUT2D eigenvalue weighted by atomic mass is 16.1. The number of nitrogen functional groups attached to an aromatic ring is 1. The van der Waals surface area contributed by atoms with Crippen LogP contribution in [0.2, 0.25) is 0 Å². The molecular weight excluding hydrogens is 218 g/mol. The molecule has 0 fully saturated rings. The van der Waals surface area contributed by atoms with Gasteiger partial charge in [0.1, 0.15) is 0 Å². The van der Waals surface area contributed by atoms with E-state index in [1.54, 1.807) is 0 Å². The van der Waals surface area contributed by atoms with E-state index in [1.165, 1.54) is 0 Å². The number of imidazole rings is 2. The van der Waals surface area contributed by atoms with Gasteiger partial charge in [0.15, 0.2) is 5.95 Å². The van der Waals surface area contributed by atoms with Gasteiger partial charge in [0.05, 0.1) is 16.7 Å². The lowest BCUT2D eigenvalue weighted by atomic mass is 10.1. The molecule has 5 N–H and O–H groups in total. The summed E-state index contributed by atoms with van der Waals surface area (Å²) in [6, 6.07) is 5.61. The van der Waals surface area contributed by atoms with Crippen molar-refractivity contribution in [3.05, 3.63) is 34.4 Å². The number of nitrogens with zero attached hydrogens (tertiary/aromatic N) is 1. The zero-order valence-electron chi connectivity index (χ0n) is 9.16. The number of anilines is 1. The monoisotopic (exact) mass is 229 g/mol. The van der Waals surface area contributed by atoms with Crippen molar-refractivity contribution in [1.29, 1.82) is 0 Å². The van der Waals surface area contributed by atoms with Crippen molar-refractivity contribution >= 4 is 17.0 Å². The molecule has 1 aromatic carbocycles. The lowest BCUT2D eigenvalue weighted by Crippen LogP contribution is -1.99. The average molecular weight is 229 g/mol. The molecule has 2 heterocycles. The highest BCUT2D eigenvalue weighted by Gasteiger charge is 2.08. The molecule has 0 saturated carbocycles. The summed E-state index contributed by atoms with van der Waals surface area (Å²) in [5.74, 6) is 0.389. The largest absolute Gasteiger partial charge is 0.369 e. The molecule has 86 valence electrons. The van der Waals surface area contributed by atoms with Gasteiger partial charge in [0, 0.05) is 11.3 Å². The van der Waals surface area contributed by atoms with E-state index in [0.29, 0.717) is 5.95 Å². The number of rotatable bonds is 1. The number of aryl methyl sites for hydroxylation is 1. The smallest absolute Gasteiger partial charge is 0.323 e. The Hall–Kier alpha value is -2.50. The van der Waals surface area contributed by atoms with E-state index in [4.69, 9.17) is 5.73 Å². The minimum atomic E-state index is -0.213. The molecule has 17 heavy (non-hydrogen) atoms. The molecule has 0 unspecified atom stereocenters. The zero-order chi connectivity index (χ0) is 12.0. The second-order valence-electron chi connectivity index (χ2n) is 3.94. The molecule has 2 aromatic heterocycles. The second-order valence-corrected chi connectivity index (χ2v) is 3.94. The molecule has 0 spiro atoms. The standard InChI is InChI=1S/C11H11N5O/c1-5-9(16-10(12)13-5)6-2-3-7-8(4-6)15-11(17)14-7/h2-4H,1H3,(H3,12,13,16)(H2,14,15,17). The first-order valence-corrected chi connectivity index (χ1v) is 5.18. The third-order valence-corrected chi connectivity index (χ3v) is 2.69. The number of nitrogens with two attached hydrogens (primary N) is 1. The number of aromatic amines is 3. The Bertz CT molecular complexity index is 749. The van der Waals surface area contributed by atoms with Gasteiger partial charge in [-0.2, -0.15) is 0 Å². The quantitative estimate of drug-likeness (QED) is 0.503. The first kappa shape index (κ1) is 9.71. The van der Waals surface area contributed by atoms with Gasteiger partial charge in [0.25, 0.3) is 0 Å². The molecule has 6 heteroatoms. The normalized spacial score (nSPS) is 11.1. The molecule has 0 aliphatic heterocycles. The molecule has 0 radical (unpaired) electrons. The average Bonchev–Trinajstić information content (AvgIpc) is 2.78. The summed E-state index contributed by atoms with van der Waals surface area (Å²) in [5.41, 5.74) is 9.54. The summed E-state index contributed by atoms with van der Waals surface area (Å²) < 4.78 is 0. The van der Waals surface area contributed by atoms with Crippen LogP contribution in [0.15, 0.2) is 23.0 Å². The number of H-pyrrole nitrogens is 3. The second kappa shape index (κ2) is 3.24. The fourth-order valence-electron chi connectivity index (χ4n) is 1.94. The number of hydrogen-bond acceptors (Lipinski definition) is 3. The predicted molar refractivity (Wildman–Crippen MR) is 65.7 cm³/mol. The number of hydrogen-bond donors (Lipinski definition) is 4. The van der Waals surface area contributed by atoms with Gasteiger partial charge in [-0.15, -0.1) is 0 Å². The van der Waals surface area contributed by atoms with E-state index in [2.05, 4.69) is 19.9 Å². The van der Waals surface area contributed by atoms with E-state index in [0.717, 1.165) is 28.0 Å². The van der Waals surface area contributed by atoms with E-state index in [-0.39, 0.29) is 5.69 Å². The van der Waals surface area contributed by atoms with E-state index in [1.807, 2.05) is 25.1 Å². The van der Waals surface area contributed by atoms with Crippen molar-refractivity contribution in [3.63, 3.8) is 0 Å². The van der Waals surface area contributed by atoms with Crippen molar-refractivity contribution in [1.82, 2.24) is 19.9 Å². The summed E-state index contributed by atoms with van der Waals surface area (Å²) >= 11 is 0. The van der Waals surface area contributed by atoms with Crippen molar-refractivity contribution in [2.45, 2.75) is 6.92 Å². The predicted octanol–water partition coefficient (Wildman–Crippen LogP) is 1.14. The van der Waals surface area contributed by atoms with Crippen molar-refractivity contribution in [3.8, 4) is 11.3 Å². The van der Waals surface area contributed by atoms with Crippen LogP contribution in [-0.2, 0) is 0 Å². The molecule has 0 amide bonds. The highest BCUT2D eigenvalue weighted by Crippen LogP contribution is 2.24. The van der Waals surface area contributed by atoms with Crippen LogP contribution in [0.4, 0.5) is 5.95 Å². The Labute approximate surface area is 95.9 Å². The molecular formula is C11H11N5O. The van der Waals surface area contributed by atoms with Crippen LogP contribution in [-0.4, -0.2) is 19.9 Å². The number of benzene rings is 1. The Morgan fingerprint density at radius 3 is 2.65 bits per heavy atom. The number of aromatic nitrogens is 4. The summed E-state index contributed by atoms with van der Waals surface area (Å²) in [6.45, 7) is 1.91. The van der Waals surface area contributed by atoms with E-state index in [9.17, 15) is 4.79 Å². The molecule has 3 aromatic rings. The summed E-state index contributed by atoms with van der Waals surface area (Å²) in [6.07, 6.45) is 0. The Morgan fingerprint density at radius 1 is 1.18 bits per heavy atom. The van der Waals surface area contributed by atoms with Crippen LogP contribution in [0.3, 0.4) is 0 Å². The zero-order valence-corrected chi connectivity index (χ0v) is 9.16. The fraction of sp³-hybridized carbons (Fsp3) is 0.0909. The highest BCUT2D eigenvalue weighted by molar-refractivity contribution is 5.81. The molecule has 0 aliphatic carbocycles. The van der Waals surface area contributed by atoms with Gasteiger partial charge in [0.2, 0.25) is 0 Å². The maximum Gasteiger partial charge on any atom is 0.323 e. The first-order chi connectivity index (χ1) is 8.13. The molecule has 0 atom stereocenters. The van der Waals surface area contributed by atoms with Gasteiger partial charge in [-0.05, 0) is 19.1 Å². The molecule has 0 bridgehead atoms. The Morgan fingerprint density at radius 2 is 1.94 bits per heavy atom. The summed E-state index contributed by atoms with van der Waals surface area (Å²) in [4.78, 5) is 23.7. The molecule has 0 aliphatic rings. The van der Waals surface area contributed by atoms with Gasteiger partial charge in [-0.3, -0.25) is 0 Å². The number of fused-ring (bicyclic) bond motifs is 1. The SMILES string of the molecule is Cc1[nH]c(N)nc1-c1ccc2[nH]c(=O)[nH]c2c1. The Balaban J connectivity index is 2.23. The summed E-state index contributed by atoms with van der Waals surface area (Å²) in [5, 5.41) is 0. The number of nitrogens with one attached hydrogen (secondary N) is 3. The van der Waals surface area contributed by atoms with Crippen molar-refractivity contribution in [2.24, 2.45) is 0 Å². The first-order valence-electron chi connectivity index (χ1n) is 5.18. The minimum Gasteiger partial charge on any atom is -0.369 e. The molecule has 0 saturated heterocycles. The fourth-order valence-corrected chi connectivity index (χ4v) is 1.94. The van der Waals surface area contributed by atoms with Gasteiger partial charge in [-0.1, -0.05) is 6.07 Å². The van der Waals surface area contributed by atoms with Crippen LogP contribution in [0.25, 0.3) is 22.3 Å². The Kier molecular flexibility index (Phi) is 1.85. The lowest BCUT2D eigenvalue weighted by Gasteiger charge is -1.98. The van der Waals surface area contributed by atoms with Crippen LogP contribution >= 0.6 is 0 Å². The van der Waals surface area contributed by atoms with Crippen molar-refractivity contribution < 1.29 is 0 Å². The van der Waals surface area contributed by atoms with Crippen molar-refractivity contribution in [2.75, 3.05) is 5.73 Å². The van der Waals surface area contributed by atoms with E-state index < -0.39 is 0 Å². The van der Waals surface area contributed by atoms with Gasteiger partial charge < -0.3 is 20.7 Å². The van der Waals surface area contributed by atoms with Crippen LogP contribution < -0.4 is 11.4 Å². The third-order valence-electron chi connectivity index (χ3n) is 2.69. The lowest BCUT2D eigenvalue weighted by molar-refractivity contribution is 1.21. The molecule has 3 rings (SSSR count). The van der Waals surface area contributed by atoms with Gasteiger partial charge >= 0.3 is 5.69 Å². The van der Waals surface area contributed by atoms with Crippen LogP contribution in [0, 0.1) is 6.92 Å². The van der Waals surface area contributed by atoms with E-state index >= 15 is 0 Å². The third kappa shape index (κ3) is 1.50. The topological polar surface area (TPSA) is 103 Å². The minimum absolute atomic E-state index is 0.213. The van der Waals surface area contributed by atoms with Gasteiger partial charge in [-0.25, -0.2) is 9.78 Å².